The van der Waals surface area contributed by atoms with Crippen molar-refractivity contribution in [2.45, 2.75) is 27.7 Å². The van der Waals surface area contributed by atoms with Crippen LogP contribution in [0, 0.1) is 6.92 Å². The van der Waals surface area contributed by atoms with Gasteiger partial charge in [0, 0.05) is 6.26 Å². The highest BCUT2D eigenvalue weighted by Crippen LogP contribution is 2.23. The molecule has 3 N–H and O–H groups in total. The normalized spacial score (nSPS) is 8.58. The molecule has 0 saturated heterocycles. The number of aryl methyl sites for hydroxylation is 1. The molecule has 5 heteroatoms. The van der Waals surface area contributed by atoms with Gasteiger partial charge in [-0.1, -0.05) is 55.8 Å². The maximum absolute atomic E-state index is 10.8. The van der Waals surface area contributed by atoms with Gasteiger partial charge in [0.05, 0.1) is 0 Å². The first-order chi connectivity index (χ1) is 11.1. The Morgan fingerprint density at radius 2 is 1.62 bits per heavy atom. The summed E-state index contributed by atoms with van der Waals surface area (Å²) in [5.74, 6) is 0.749. The van der Waals surface area contributed by atoms with Gasteiger partial charge in [-0.15, -0.1) is 0 Å². The Balaban J connectivity index is 0. The molecule has 0 aliphatic rings. The van der Waals surface area contributed by atoms with Crippen molar-refractivity contribution in [3.05, 3.63) is 54.1 Å². The first-order valence-corrected chi connectivity index (χ1v) is 8.72. The topological polar surface area (TPSA) is 78.0 Å². The molecule has 0 radical (unpaired) electrons. The van der Waals surface area contributed by atoms with Crippen LogP contribution in [0.2, 0.25) is 0 Å². The van der Waals surface area contributed by atoms with Crippen molar-refractivity contribution >= 4 is 17.8 Å². The van der Waals surface area contributed by atoms with Crippen molar-refractivity contribution in [2.75, 3.05) is 12.9 Å². The third-order valence-electron chi connectivity index (χ3n) is 2.65. The zero-order valence-electron chi connectivity index (χ0n) is 15.0. The number of ether oxygens (including phenoxy) is 1. The highest BCUT2D eigenvalue weighted by atomic mass is 32.2. The van der Waals surface area contributed by atoms with Crippen LogP contribution in [0.4, 0.5) is 0 Å². The van der Waals surface area contributed by atoms with E-state index in [1.807, 2.05) is 44.2 Å². The summed E-state index contributed by atoms with van der Waals surface area (Å²) in [6.07, 6.45) is 1.60. The van der Waals surface area contributed by atoms with E-state index < -0.39 is 0 Å². The van der Waals surface area contributed by atoms with E-state index in [-0.39, 0.29) is 17.9 Å². The summed E-state index contributed by atoms with van der Waals surface area (Å²) < 4.78 is 12.8. The Hall–Kier alpha value is -1.82. The van der Waals surface area contributed by atoms with Crippen molar-refractivity contribution in [2.24, 2.45) is 0 Å². The monoisotopic (exact) mass is 352 g/mol. The maximum Gasteiger partial charge on any atom is 0.167 e. The van der Waals surface area contributed by atoms with Crippen molar-refractivity contribution in [3.63, 3.8) is 0 Å². The summed E-state index contributed by atoms with van der Waals surface area (Å²) in [6, 6.07) is 16.1. The maximum atomic E-state index is 10.8. The van der Waals surface area contributed by atoms with Gasteiger partial charge in [-0.25, -0.2) is 0 Å². The van der Waals surface area contributed by atoms with E-state index in [1.165, 1.54) is 18.1 Å². The molecular formula is C19H28O4S. The molecule has 0 spiro atoms. The molecule has 0 fully saturated rings. The number of rotatable bonds is 4. The van der Waals surface area contributed by atoms with Gasteiger partial charge in [0.15, 0.2) is 5.78 Å². The van der Waals surface area contributed by atoms with Gasteiger partial charge in [0.1, 0.15) is 12.4 Å². The predicted molar refractivity (Wildman–Crippen MR) is 104 cm³/mol. The minimum Gasteiger partial charge on any atom is -0.486 e. The highest BCUT2D eigenvalue weighted by Gasteiger charge is 2.00. The molecule has 134 valence electrons. The molecule has 0 bridgehead atoms. The van der Waals surface area contributed by atoms with Gasteiger partial charge in [-0.2, -0.15) is 0 Å². The van der Waals surface area contributed by atoms with Crippen LogP contribution in [-0.4, -0.2) is 28.7 Å². The molecule has 0 amide bonds. The zero-order chi connectivity index (χ0) is 17.7. The number of hydrogen-bond acceptors (Lipinski definition) is 4. The zero-order valence-corrected chi connectivity index (χ0v) is 15.8. The molecule has 24 heavy (non-hydrogen) atoms. The lowest BCUT2D eigenvalue weighted by atomic mass is 10.0. The Bertz CT molecular complexity index is 568. The summed E-state index contributed by atoms with van der Waals surface area (Å²) in [5.41, 5.74) is 3.58. The van der Waals surface area contributed by atoms with E-state index >= 15 is 0 Å². The third-order valence-corrected chi connectivity index (χ3v) is 2.65. The van der Waals surface area contributed by atoms with E-state index in [9.17, 15) is 4.79 Å². The van der Waals surface area contributed by atoms with Crippen molar-refractivity contribution in [3.8, 4) is 16.9 Å². The molecule has 0 aromatic heterocycles. The van der Waals surface area contributed by atoms with Crippen LogP contribution in [0.3, 0.4) is 0 Å². The van der Waals surface area contributed by atoms with Crippen LogP contribution in [0.1, 0.15) is 26.3 Å². The number of hydrogen-bond donors (Lipinski definition) is 1. The standard InChI is InChI=1S/C16H16O2.C2H6.CH4OS.H2O/c1-12-4-3-5-15(10-12)14-6-8-16(9-7-14)18-11-13(2)17;1-2;1-3-2;/h3-10H,11H2,1-2H3;1-2H3;2H,1H3;1H2. The number of benzene rings is 2. The average molecular weight is 352 g/mol. The second-order valence-electron chi connectivity index (χ2n) is 4.57. The number of carbonyl (C=O) groups is 1. The molecule has 0 aliphatic carbocycles. The number of carbonyl (C=O) groups excluding carboxylic acids is 1. The fourth-order valence-electron chi connectivity index (χ4n) is 1.75. The van der Waals surface area contributed by atoms with E-state index in [0.717, 1.165) is 23.4 Å². The first-order valence-electron chi connectivity index (χ1n) is 7.53. The first kappa shape index (κ1) is 24.4. The van der Waals surface area contributed by atoms with Gasteiger partial charge < -0.3 is 14.8 Å². The van der Waals surface area contributed by atoms with Crippen LogP contribution in [-0.2, 0) is 4.79 Å². The smallest absolute Gasteiger partial charge is 0.167 e. The van der Waals surface area contributed by atoms with Gasteiger partial charge in [-0.3, -0.25) is 4.79 Å². The summed E-state index contributed by atoms with van der Waals surface area (Å²) in [5, 5.41) is 0. The lowest BCUT2D eigenvalue weighted by Gasteiger charge is -2.06. The van der Waals surface area contributed by atoms with Crippen molar-refractivity contribution in [1.29, 1.82) is 0 Å². The van der Waals surface area contributed by atoms with Gasteiger partial charge in [-0.05, 0) is 49.1 Å². The number of ketones is 1. The lowest BCUT2D eigenvalue weighted by Crippen LogP contribution is -2.06. The number of Topliss-reactive ketones (excluding diaryl/α,β-unsaturated/α-hetero) is 1. The Morgan fingerprint density at radius 3 is 2.08 bits per heavy atom. The summed E-state index contributed by atoms with van der Waals surface area (Å²) in [7, 11) is 0. The molecule has 4 nitrogen and oxygen atoms in total. The molecule has 0 unspecified atom stereocenters. The second kappa shape index (κ2) is 14.8. The lowest BCUT2D eigenvalue weighted by molar-refractivity contribution is -0.118. The summed E-state index contributed by atoms with van der Waals surface area (Å²) in [4.78, 5) is 10.8. The molecule has 0 heterocycles. The van der Waals surface area contributed by atoms with Crippen LogP contribution in [0.15, 0.2) is 48.5 Å². The fourth-order valence-corrected chi connectivity index (χ4v) is 1.75. The van der Waals surface area contributed by atoms with Crippen LogP contribution >= 0.6 is 12.0 Å². The van der Waals surface area contributed by atoms with E-state index in [4.69, 9.17) is 9.29 Å². The summed E-state index contributed by atoms with van der Waals surface area (Å²) >= 11 is 0.750. The molecule has 2 aromatic carbocycles. The highest BCUT2D eigenvalue weighted by molar-refractivity contribution is 7.93. The third kappa shape index (κ3) is 10.0. The Kier molecular flexibility index (Phi) is 15.0. The minimum atomic E-state index is 0. The molecule has 0 aliphatic heterocycles. The molecule has 2 aromatic rings. The van der Waals surface area contributed by atoms with Crippen LogP contribution in [0.25, 0.3) is 11.1 Å². The van der Waals surface area contributed by atoms with Crippen molar-refractivity contribution in [1.82, 2.24) is 0 Å². The SMILES string of the molecule is CC.CC(=O)COc1ccc(-c2cccc(C)c2)cc1.CSO.O. The minimum absolute atomic E-state index is 0. The molecule has 0 atom stereocenters. The van der Waals surface area contributed by atoms with Gasteiger partial charge in [0.25, 0.3) is 0 Å². The Morgan fingerprint density at radius 1 is 1.08 bits per heavy atom. The summed E-state index contributed by atoms with van der Waals surface area (Å²) in [6.45, 7) is 7.72. The van der Waals surface area contributed by atoms with E-state index in [2.05, 4.69) is 25.1 Å². The molecule has 2 rings (SSSR count). The van der Waals surface area contributed by atoms with Crippen LogP contribution in [0.5, 0.6) is 5.75 Å². The largest absolute Gasteiger partial charge is 0.486 e. The van der Waals surface area contributed by atoms with Crippen molar-refractivity contribution < 1.29 is 19.6 Å². The van der Waals surface area contributed by atoms with Gasteiger partial charge in [0.2, 0.25) is 0 Å². The van der Waals surface area contributed by atoms with Gasteiger partial charge >= 0.3 is 0 Å². The molecular weight excluding hydrogens is 324 g/mol. The fraction of sp³-hybridized carbons (Fsp3) is 0.316. The quantitative estimate of drug-likeness (QED) is 0.812. The van der Waals surface area contributed by atoms with E-state index in [0.29, 0.717) is 0 Å². The molecule has 0 saturated carbocycles. The predicted octanol–water partition coefficient (Wildman–Crippen LogP) is 4.65. The van der Waals surface area contributed by atoms with E-state index in [1.54, 1.807) is 6.26 Å². The average Bonchev–Trinajstić information content (AvgIpc) is 2.56. The Labute approximate surface area is 149 Å². The van der Waals surface area contributed by atoms with Crippen LogP contribution < -0.4 is 4.74 Å². The second-order valence-corrected chi connectivity index (χ2v) is 4.93.